The molecule has 2 fully saturated rings. The highest BCUT2D eigenvalue weighted by atomic mass is 35.5. The molecule has 0 unspecified atom stereocenters. The predicted octanol–water partition coefficient (Wildman–Crippen LogP) is 4.32. The molecule has 0 radical (unpaired) electrons. The largest absolute Gasteiger partial charge is 0.378 e. The molecule has 8 nitrogen and oxygen atoms in total. The lowest BCUT2D eigenvalue weighted by Crippen LogP contribution is -2.36. The zero-order chi connectivity index (χ0) is 22.0. The van der Waals surface area contributed by atoms with Gasteiger partial charge < -0.3 is 9.64 Å². The Morgan fingerprint density at radius 1 is 1.13 bits per heavy atom. The molecule has 0 bridgehead atoms. The van der Waals surface area contributed by atoms with Gasteiger partial charge >= 0.3 is 0 Å². The van der Waals surface area contributed by atoms with E-state index in [9.17, 15) is 19.7 Å². The van der Waals surface area contributed by atoms with Gasteiger partial charge in [0.1, 0.15) is 5.69 Å². The lowest BCUT2D eigenvalue weighted by atomic mass is 10.1. The molecule has 2 aliphatic heterocycles. The van der Waals surface area contributed by atoms with Crippen molar-refractivity contribution >= 4 is 52.0 Å². The minimum absolute atomic E-state index is 0.0453. The van der Waals surface area contributed by atoms with E-state index < -0.39 is 10.8 Å². The van der Waals surface area contributed by atoms with Crippen molar-refractivity contribution in [1.82, 2.24) is 4.90 Å². The number of anilines is 1. The van der Waals surface area contributed by atoms with Crippen LogP contribution in [0.4, 0.5) is 16.2 Å². The number of nitrogens with zero attached hydrogens (tertiary/aromatic N) is 3. The monoisotopic (exact) mass is 459 g/mol. The molecule has 2 aromatic carbocycles. The maximum atomic E-state index is 12.8. The fourth-order valence-corrected chi connectivity index (χ4v) is 4.37. The summed E-state index contributed by atoms with van der Waals surface area (Å²) in [5.74, 6) is -0.426. The minimum Gasteiger partial charge on any atom is -0.378 e. The first-order valence-corrected chi connectivity index (χ1v) is 10.7. The Balaban J connectivity index is 1.57. The number of benzene rings is 2. The van der Waals surface area contributed by atoms with E-state index in [1.165, 1.54) is 12.1 Å². The van der Waals surface area contributed by atoms with Crippen LogP contribution in [0.1, 0.15) is 11.1 Å². The average Bonchev–Trinajstić information content (AvgIpc) is 3.03. The standard InChI is InChI=1S/C21H18ClN3O5S/c22-16-4-1-14(2-5-16)13-24-20(26)19(31-21(24)27)12-15-3-6-17(18(11-15)25(28)29)23-7-9-30-10-8-23/h1-6,11-12H,7-10,13H2/b19-12-. The van der Waals surface area contributed by atoms with Gasteiger partial charge in [-0.25, -0.2) is 0 Å². The first-order chi connectivity index (χ1) is 14.9. The molecule has 0 aliphatic carbocycles. The van der Waals surface area contributed by atoms with Crippen molar-refractivity contribution in [3.05, 3.63) is 73.6 Å². The number of halogens is 1. The van der Waals surface area contributed by atoms with Gasteiger partial charge in [-0.05, 0) is 47.2 Å². The van der Waals surface area contributed by atoms with Gasteiger partial charge in [-0.2, -0.15) is 0 Å². The first-order valence-electron chi connectivity index (χ1n) is 9.53. The second-order valence-electron chi connectivity index (χ2n) is 7.00. The van der Waals surface area contributed by atoms with Gasteiger partial charge in [-0.15, -0.1) is 0 Å². The second kappa shape index (κ2) is 9.09. The van der Waals surface area contributed by atoms with Gasteiger partial charge in [-0.3, -0.25) is 24.6 Å². The lowest BCUT2D eigenvalue weighted by molar-refractivity contribution is -0.384. The van der Waals surface area contributed by atoms with Crippen LogP contribution in [0.5, 0.6) is 0 Å². The van der Waals surface area contributed by atoms with Crippen molar-refractivity contribution in [3.8, 4) is 0 Å². The molecule has 0 saturated carbocycles. The summed E-state index contributed by atoms with van der Waals surface area (Å²) in [6, 6.07) is 11.7. The van der Waals surface area contributed by atoms with Crippen LogP contribution in [0.15, 0.2) is 47.4 Å². The Bertz CT molecular complexity index is 1070. The summed E-state index contributed by atoms with van der Waals surface area (Å²) in [5, 5.41) is 11.8. The van der Waals surface area contributed by atoms with E-state index >= 15 is 0 Å². The summed E-state index contributed by atoms with van der Waals surface area (Å²) in [7, 11) is 0. The summed E-state index contributed by atoms with van der Waals surface area (Å²) >= 11 is 6.70. The summed E-state index contributed by atoms with van der Waals surface area (Å²) in [4.78, 5) is 39.6. The van der Waals surface area contributed by atoms with Crippen LogP contribution >= 0.6 is 23.4 Å². The molecule has 2 heterocycles. The highest BCUT2D eigenvalue weighted by molar-refractivity contribution is 8.18. The number of carbonyl (C=O) groups is 2. The Labute approximate surface area is 187 Å². The smallest absolute Gasteiger partial charge is 0.293 e. The number of thioether (sulfide) groups is 1. The Morgan fingerprint density at radius 2 is 1.84 bits per heavy atom. The number of hydrogen-bond donors (Lipinski definition) is 0. The van der Waals surface area contributed by atoms with E-state index in [2.05, 4.69) is 0 Å². The molecular weight excluding hydrogens is 442 g/mol. The summed E-state index contributed by atoms with van der Waals surface area (Å²) in [6.07, 6.45) is 1.52. The van der Waals surface area contributed by atoms with Gasteiger partial charge in [0.2, 0.25) is 0 Å². The molecule has 10 heteroatoms. The molecule has 2 aliphatic rings. The molecule has 2 saturated heterocycles. The second-order valence-corrected chi connectivity index (χ2v) is 8.43. The molecule has 0 N–H and O–H groups in total. The van der Waals surface area contributed by atoms with Crippen LogP contribution in [-0.2, 0) is 16.1 Å². The van der Waals surface area contributed by atoms with Crippen LogP contribution in [0.3, 0.4) is 0 Å². The number of nitro benzene ring substituents is 1. The third-order valence-electron chi connectivity index (χ3n) is 4.97. The van der Waals surface area contributed by atoms with E-state index in [0.29, 0.717) is 42.6 Å². The molecule has 2 amide bonds. The molecule has 160 valence electrons. The van der Waals surface area contributed by atoms with Gasteiger partial charge in [0.25, 0.3) is 16.8 Å². The summed E-state index contributed by atoms with van der Waals surface area (Å²) in [5.41, 5.74) is 1.73. The number of hydrogen-bond acceptors (Lipinski definition) is 7. The number of imide groups is 1. The molecule has 0 aromatic heterocycles. The highest BCUT2D eigenvalue weighted by Gasteiger charge is 2.35. The van der Waals surface area contributed by atoms with E-state index in [1.54, 1.807) is 36.4 Å². The number of ether oxygens (including phenoxy) is 1. The SMILES string of the molecule is O=C1S/C(=C\c2ccc(N3CCOCC3)c([N+](=O)[O-])c2)C(=O)N1Cc1ccc(Cl)cc1. The van der Waals surface area contributed by atoms with Crippen molar-refractivity contribution in [2.24, 2.45) is 0 Å². The third kappa shape index (κ3) is 4.73. The summed E-state index contributed by atoms with van der Waals surface area (Å²) < 4.78 is 5.31. The van der Waals surface area contributed by atoms with Crippen molar-refractivity contribution in [2.45, 2.75) is 6.54 Å². The number of nitro groups is 1. The maximum Gasteiger partial charge on any atom is 0.293 e. The molecular formula is C21H18ClN3O5S. The average molecular weight is 460 g/mol. The highest BCUT2D eigenvalue weighted by Crippen LogP contribution is 2.35. The van der Waals surface area contributed by atoms with E-state index in [0.717, 1.165) is 22.2 Å². The van der Waals surface area contributed by atoms with Crippen molar-refractivity contribution in [2.75, 3.05) is 31.2 Å². The molecule has 2 aromatic rings. The predicted molar refractivity (Wildman–Crippen MR) is 119 cm³/mol. The lowest BCUT2D eigenvalue weighted by Gasteiger charge is -2.28. The molecule has 0 atom stereocenters. The minimum atomic E-state index is -0.436. The normalized spacial score (nSPS) is 18.2. The Morgan fingerprint density at radius 3 is 2.52 bits per heavy atom. The van der Waals surface area contributed by atoms with E-state index in [-0.39, 0.29) is 22.4 Å². The van der Waals surface area contributed by atoms with Crippen LogP contribution in [-0.4, -0.2) is 47.3 Å². The topological polar surface area (TPSA) is 93.0 Å². The Hall–Kier alpha value is -2.88. The van der Waals surface area contributed by atoms with Gasteiger partial charge in [0.05, 0.1) is 29.6 Å². The first kappa shape index (κ1) is 21.4. The fourth-order valence-electron chi connectivity index (χ4n) is 3.41. The Kier molecular flexibility index (Phi) is 6.26. The van der Waals surface area contributed by atoms with Crippen molar-refractivity contribution < 1.29 is 19.2 Å². The zero-order valence-corrected chi connectivity index (χ0v) is 17.9. The summed E-state index contributed by atoms with van der Waals surface area (Å²) in [6.45, 7) is 2.31. The van der Waals surface area contributed by atoms with Crippen molar-refractivity contribution in [3.63, 3.8) is 0 Å². The molecule has 4 rings (SSSR count). The van der Waals surface area contributed by atoms with E-state index in [4.69, 9.17) is 16.3 Å². The van der Waals surface area contributed by atoms with Crippen LogP contribution in [0.2, 0.25) is 5.02 Å². The number of morpholine rings is 1. The molecule has 31 heavy (non-hydrogen) atoms. The van der Waals surface area contributed by atoms with Crippen LogP contribution in [0.25, 0.3) is 6.08 Å². The van der Waals surface area contributed by atoms with Gasteiger partial charge in [0.15, 0.2) is 0 Å². The van der Waals surface area contributed by atoms with Crippen LogP contribution in [0, 0.1) is 10.1 Å². The van der Waals surface area contributed by atoms with Gasteiger partial charge in [-0.1, -0.05) is 29.8 Å². The number of carbonyl (C=O) groups excluding carboxylic acids is 2. The van der Waals surface area contributed by atoms with Crippen molar-refractivity contribution in [1.29, 1.82) is 0 Å². The third-order valence-corrected chi connectivity index (χ3v) is 6.13. The number of rotatable bonds is 5. The molecule has 0 spiro atoms. The van der Waals surface area contributed by atoms with Crippen LogP contribution < -0.4 is 4.90 Å². The quantitative estimate of drug-likeness (QED) is 0.373. The zero-order valence-electron chi connectivity index (χ0n) is 16.3. The number of amides is 2. The maximum absolute atomic E-state index is 12.8. The van der Waals surface area contributed by atoms with Gasteiger partial charge in [0, 0.05) is 24.2 Å². The fraction of sp³-hybridized carbons (Fsp3) is 0.238. The van der Waals surface area contributed by atoms with E-state index in [1.807, 2.05) is 4.90 Å².